The summed E-state index contributed by atoms with van der Waals surface area (Å²) in [6.45, 7) is 6.40. The Balaban J connectivity index is 1.98. The van der Waals surface area contributed by atoms with Crippen molar-refractivity contribution in [3.8, 4) is 11.3 Å². The number of piperazine rings is 1. The van der Waals surface area contributed by atoms with Gasteiger partial charge in [0, 0.05) is 38.8 Å². The summed E-state index contributed by atoms with van der Waals surface area (Å²) in [5.74, 6) is 1.07. The molecule has 1 saturated heterocycles. The molecule has 0 spiro atoms. The van der Waals surface area contributed by atoms with Crippen LogP contribution in [0, 0.1) is 6.92 Å². The van der Waals surface area contributed by atoms with Crippen molar-refractivity contribution in [2.45, 2.75) is 6.92 Å². The Morgan fingerprint density at radius 3 is 2.41 bits per heavy atom. The van der Waals surface area contributed by atoms with Crippen molar-refractivity contribution in [3.63, 3.8) is 0 Å². The van der Waals surface area contributed by atoms with Crippen molar-refractivity contribution in [3.05, 3.63) is 42.0 Å². The lowest BCUT2D eigenvalue weighted by molar-refractivity contribution is 0.312. The van der Waals surface area contributed by atoms with Crippen LogP contribution in [0.15, 0.2) is 36.4 Å². The normalized spacial score (nSPS) is 15.9. The lowest BCUT2D eigenvalue weighted by Gasteiger charge is -2.33. The largest absolute Gasteiger partial charge is 0.386 e. The number of aromatic nitrogens is 1. The van der Waals surface area contributed by atoms with E-state index in [2.05, 4.69) is 65.5 Å². The van der Waals surface area contributed by atoms with Gasteiger partial charge in [-0.1, -0.05) is 24.3 Å². The lowest BCUT2D eigenvalue weighted by atomic mass is 10.0. The van der Waals surface area contributed by atoms with E-state index in [0.717, 1.165) is 43.4 Å². The van der Waals surface area contributed by atoms with Gasteiger partial charge in [-0.2, -0.15) is 0 Å². The molecule has 2 heterocycles. The van der Waals surface area contributed by atoms with Crippen LogP contribution in [-0.2, 0) is 0 Å². The maximum Gasteiger partial charge on any atom is 0.129 e. The molecule has 0 unspecified atom stereocenters. The molecule has 0 aliphatic carbocycles. The maximum absolute atomic E-state index is 4.97. The Morgan fingerprint density at radius 2 is 1.73 bits per heavy atom. The summed E-state index contributed by atoms with van der Waals surface area (Å²) in [6, 6.07) is 12.7. The molecule has 1 aliphatic rings. The van der Waals surface area contributed by atoms with Crippen LogP contribution in [0.2, 0.25) is 0 Å². The SMILES string of the molecule is CNc1ccc(N2CCN(C)CC2)nc1-c1ccccc1C. The summed E-state index contributed by atoms with van der Waals surface area (Å²) in [7, 11) is 4.13. The molecular formula is C18H24N4. The number of hydrogen-bond donors (Lipinski definition) is 1. The first kappa shape index (κ1) is 14.9. The van der Waals surface area contributed by atoms with Gasteiger partial charge in [0.25, 0.3) is 0 Å². The minimum atomic E-state index is 1.04. The molecule has 1 N–H and O–H groups in total. The minimum absolute atomic E-state index is 1.04. The van der Waals surface area contributed by atoms with Crippen LogP contribution in [0.4, 0.5) is 11.5 Å². The van der Waals surface area contributed by atoms with E-state index in [-0.39, 0.29) is 0 Å². The van der Waals surface area contributed by atoms with Gasteiger partial charge in [0.05, 0.1) is 11.4 Å². The number of nitrogens with zero attached hydrogens (tertiary/aromatic N) is 3. The number of anilines is 2. The molecule has 2 aromatic rings. The summed E-state index contributed by atoms with van der Waals surface area (Å²) >= 11 is 0. The van der Waals surface area contributed by atoms with E-state index < -0.39 is 0 Å². The molecule has 1 aromatic carbocycles. The van der Waals surface area contributed by atoms with Gasteiger partial charge in [0.1, 0.15) is 5.82 Å². The van der Waals surface area contributed by atoms with Crippen LogP contribution < -0.4 is 10.2 Å². The van der Waals surface area contributed by atoms with Gasteiger partial charge in [0.2, 0.25) is 0 Å². The van der Waals surface area contributed by atoms with Crippen LogP contribution in [0.5, 0.6) is 0 Å². The summed E-state index contributed by atoms with van der Waals surface area (Å²) in [6.07, 6.45) is 0. The molecule has 0 amide bonds. The zero-order valence-electron chi connectivity index (χ0n) is 13.6. The zero-order valence-corrected chi connectivity index (χ0v) is 13.6. The number of aryl methyl sites for hydroxylation is 1. The Morgan fingerprint density at radius 1 is 1.00 bits per heavy atom. The fourth-order valence-corrected chi connectivity index (χ4v) is 2.91. The molecule has 1 fully saturated rings. The third-order valence-corrected chi connectivity index (χ3v) is 4.38. The number of pyridine rings is 1. The van der Waals surface area contributed by atoms with Crippen LogP contribution >= 0.6 is 0 Å². The number of benzene rings is 1. The van der Waals surface area contributed by atoms with Crippen molar-refractivity contribution < 1.29 is 0 Å². The molecule has 0 atom stereocenters. The second-order valence-electron chi connectivity index (χ2n) is 5.92. The van der Waals surface area contributed by atoms with Crippen LogP contribution in [0.1, 0.15) is 5.56 Å². The standard InChI is InChI=1S/C18H24N4/c1-14-6-4-5-7-15(14)18-16(19-2)8-9-17(20-18)22-12-10-21(3)11-13-22/h4-9,19H,10-13H2,1-3H3. The highest BCUT2D eigenvalue weighted by atomic mass is 15.3. The van der Waals surface area contributed by atoms with Gasteiger partial charge in [-0.15, -0.1) is 0 Å². The van der Waals surface area contributed by atoms with E-state index in [1.807, 2.05) is 7.05 Å². The van der Waals surface area contributed by atoms with Gasteiger partial charge in [-0.3, -0.25) is 0 Å². The van der Waals surface area contributed by atoms with Crippen molar-refractivity contribution >= 4 is 11.5 Å². The highest BCUT2D eigenvalue weighted by Crippen LogP contribution is 2.30. The first-order valence-corrected chi connectivity index (χ1v) is 7.87. The van der Waals surface area contributed by atoms with E-state index in [1.54, 1.807) is 0 Å². The average Bonchev–Trinajstić information content (AvgIpc) is 2.55. The molecule has 0 radical (unpaired) electrons. The van der Waals surface area contributed by atoms with E-state index in [9.17, 15) is 0 Å². The minimum Gasteiger partial charge on any atom is -0.386 e. The van der Waals surface area contributed by atoms with Gasteiger partial charge >= 0.3 is 0 Å². The van der Waals surface area contributed by atoms with Gasteiger partial charge < -0.3 is 15.1 Å². The topological polar surface area (TPSA) is 31.4 Å². The number of rotatable bonds is 3. The fraction of sp³-hybridized carbons (Fsp3) is 0.389. The van der Waals surface area contributed by atoms with Crippen molar-refractivity contribution in [1.29, 1.82) is 0 Å². The summed E-state index contributed by atoms with van der Waals surface area (Å²) in [4.78, 5) is 9.71. The van der Waals surface area contributed by atoms with Gasteiger partial charge in [0.15, 0.2) is 0 Å². The van der Waals surface area contributed by atoms with Crippen LogP contribution in [-0.4, -0.2) is 50.2 Å². The molecular weight excluding hydrogens is 272 g/mol. The third kappa shape index (κ3) is 2.92. The average molecular weight is 296 g/mol. The fourth-order valence-electron chi connectivity index (χ4n) is 2.91. The Hall–Kier alpha value is -2.07. The quantitative estimate of drug-likeness (QED) is 0.944. The molecule has 116 valence electrons. The molecule has 4 nitrogen and oxygen atoms in total. The van der Waals surface area contributed by atoms with Crippen LogP contribution in [0.25, 0.3) is 11.3 Å². The summed E-state index contributed by atoms with van der Waals surface area (Å²) < 4.78 is 0. The second-order valence-corrected chi connectivity index (χ2v) is 5.92. The highest BCUT2D eigenvalue weighted by molar-refractivity contribution is 5.77. The Bertz CT molecular complexity index is 645. The molecule has 1 aromatic heterocycles. The molecule has 4 heteroatoms. The summed E-state index contributed by atoms with van der Waals surface area (Å²) in [5.41, 5.74) is 4.56. The third-order valence-electron chi connectivity index (χ3n) is 4.38. The van der Waals surface area contributed by atoms with Gasteiger partial charge in [-0.25, -0.2) is 4.98 Å². The predicted molar refractivity (Wildman–Crippen MR) is 93.7 cm³/mol. The van der Waals surface area contributed by atoms with E-state index >= 15 is 0 Å². The monoisotopic (exact) mass is 296 g/mol. The van der Waals surface area contributed by atoms with Crippen molar-refractivity contribution in [2.75, 3.05) is 50.5 Å². The molecule has 0 bridgehead atoms. The van der Waals surface area contributed by atoms with E-state index in [1.165, 1.54) is 11.1 Å². The summed E-state index contributed by atoms with van der Waals surface area (Å²) in [5, 5.41) is 3.27. The number of likely N-dealkylation sites (N-methyl/N-ethyl adjacent to an activating group) is 1. The Kier molecular flexibility index (Phi) is 4.29. The van der Waals surface area contributed by atoms with Gasteiger partial charge in [-0.05, 0) is 31.7 Å². The Labute approximate surface area is 132 Å². The zero-order chi connectivity index (χ0) is 15.5. The molecule has 22 heavy (non-hydrogen) atoms. The molecule has 1 aliphatic heterocycles. The van der Waals surface area contributed by atoms with E-state index in [0.29, 0.717) is 0 Å². The highest BCUT2D eigenvalue weighted by Gasteiger charge is 2.17. The van der Waals surface area contributed by atoms with Crippen molar-refractivity contribution in [2.24, 2.45) is 0 Å². The smallest absolute Gasteiger partial charge is 0.129 e. The maximum atomic E-state index is 4.97. The number of hydrogen-bond acceptors (Lipinski definition) is 4. The molecule has 0 saturated carbocycles. The first-order chi connectivity index (χ1) is 10.7. The molecule has 3 rings (SSSR count). The van der Waals surface area contributed by atoms with Crippen LogP contribution in [0.3, 0.4) is 0 Å². The lowest BCUT2D eigenvalue weighted by Crippen LogP contribution is -2.44. The van der Waals surface area contributed by atoms with E-state index in [4.69, 9.17) is 4.98 Å². The number of nitrogens with one attached hydrogen (secondary N) is 1. The second kappa shape index (κ2) is 6.36. The van der Waals surface area contributed by atoms with Crippen molar-refractivity contribution in [1.82, 2.24) is 9.88 Å². The predicted octanol–water partition coefficient (Wildman–Crippen LogP) is 2.85. The first-order valence-electron chi connectivity index (χ1n) is 7.87.